The van der Waals surface area contributed by atoms with Crippen LogP contribution in [0.4, 0.5) is 5.69 Å². The van der Waals surface area contributed by atoms with Crippen LogP contribution in [0, 0.1) is 5.92 Å². The summed E-state index contributed by atoms with van der Waals surface area (Å²) in [5.74, 6) is 0.625. The minimum Gasteiger partial charge on any atom is -0.379 e. The zero-order chi connectivity index (χ0) is 13.1. The standard InChI is InChI=1S/C14H21BrN2O/c1-10-5-6-17(9-14(10)18-2)13-7-12(15)4-3-11(13)8-16/h3-4,7,10,14H,5-6,8-9,16H2,1-2H3. The van der Waals surface area contributed by atoms with Gasteiger partial charge in [-0.1, -0.05) is 28.9 Å². The predicted molar refractivity (Wildman–Crippen MR) is 78.8 cm³/mol. The van der Waals surface area contributed by atoms with Gasteiger partial charge < -0.3 is 15.4 Å². The topological polar surface area (TPSA) is 38.5 Å². The summed E-state index contributed by atoms with van der Waals surface area (Å²) in [4.78, 5) is 2.39. The van der Waals surface area contributed by atoms with E-state index in [1.54, 1.807) is 7.11 Å². The third kappa shape index (κ3) is 2.87. The summed E-state index contributed by atoms with van der Waals surface area (Å²) < 4.78 is 6.67. The zero-order valence-electron chi connectivity index (χ0n) is 11.0. The van der Waals surface area contributed by atoms with Crippen LogP contribution in [0.15, 0.2) is 22.7 Å². The Labute approximate surface area is 117 Å². The van der Waals surface area contributed by atoms with Crippen molar-refractivity contribution in [1.82, 2.24) is 0 Å². The first kappa shape index (κ1) is 13.8. The smallest absolute Gasteiger partial charge is 0.0772 e. The van der Waals surface area contributed by atoms with Gasteiger partial charge in [0.15, 0.2) is 0 Å². The molecule has 2 N–H and O–H groups in total. The highest BCUT2D eigenvalue weighted by Crippen LogP contribution is 2.29. The third-order valence-electron chi connectivity index (χ3n) is 3.80. The van der Waals surface area contributed by atoms with Gasteiger partial charge in [0.05, 0.1) is 6.10 Å². The molecular weight excluding hydrogens is 292 g/mol. The highest BCUT2D eigenvalue weighted by molar-refractivity contribution is 9.10. The molecule has 2 atom stereocenters. The van der Waals surface area contributed by atoms with Crippen molar-refractivity contribution in [3.63, 3.8) is 0 Å². The Hall–Kier alpha value is -0.580. The lowest BCUT2D eigenvalue weighted by atomic mass is 9.95. The fraction of sp³-hybridized carbons (Fsp3) is 0.571. The molecule has 4 heteroatoms. The van der Waals surface area contributed by atoms with E-state index in [0.29, 0.717) is 18.6 Å². The van der Waals surface area contributed by atoms with Crippen molar-refractivity contribution in [2.45, 2.75) is 26.0 Å². The van der Waals surface area contributed by atoms with Gasteiger partial charge in [-0.05, 0) is 30.0 Å². The van der Waals surface area contributed by atoms with Crippen LogP contribution in [0.3, 0.4) is 0 Å². The van der Waals surface area contributed by atoms with Crippen molar-refractivity contribution in [3.8, 4) is 0 Å². The van der Waals surface area contributed by atoms with E-state index >= 15 is 0 Å². The molecule has 0 spiro atoms. The van der Waals surface area contributed by atoms with Gasteiger partial charge in [0, 0.05) is 36.9 Å². The second kappa shape index (κ2) is 6.04. The van der Waals surface area contributed by atoms with Crippen molar-refractivity contribution >= 4 is 21.6 Å². The summed E-state index contributed by atoms with van der Waals surface area (Å²) in [5, 5.41) is 0. The summed E-state index contributed by atoms with van der Waals surface area (Å²) in [6, 6.07) is 6.30. The van der Waals surface area contributed by atoms with Crippen molar-refractivity contribution in [2.75, 3.05) is 25.1 Å². The Bertz CT molecular complexity index is 411. The Balaban J connectivity index is 2.23. The van der Waals surface area contributed by atoms with Crippen LogP contribution in [0.5, 0.6) is 0 Å². The lowest BCUT2D eigenvalue weighted by Gasteiger charge is -2.38. The molecule has 1 heterocycles. The van der Waals surface area contributed by atoms with Crippen molar-refractivity contribution in [2.24, 2.45) is 11.7 Å². The minimum absolute atomic E-state index is 0.309. The molecule has 1 fully saturated rings. The van der Waals surface area contributed by atoms with Crippen molar-refractivity contribution in [3.05, 3.63) is 28.2 Å². The van der Waals surface area contributed by atoms with Gasteiger partial charge in [0.1, 0.15) is 0 Å². The number of benzene rings is 1. The highest BCUT2D eigenvalue weighted by atomic mass is 79.9. The molecule has 0 amide bonds. The molecule has 2 rings (SSSR count). The van der Waals surface area contributed by atoms with Gasteiger partial charge >= 0.3 is 0 Å². The number of halogens is 1. The first-order valence-electron chi connectivity index (χ1n) is 6.42. The molecule has 1 aliphatic heterocycles. The Morgan fingerprint density at radius 3 is 2.94 bits per heavy atom. The largest absolute Gasteiger partial charge is 0.379 e. The molecule has 0 aromatic heterocycles. The SMILES string of the molecule is COC1CN(c2cc(Br)ccc2CN)CCC1C. The van der Waals surface area contributed by atoms with E-state index in [0.717, 1.165) is 24.0 Å². The van der Waals surface area contributed by atoms with E-state index in [-0.39, 0.29) is 0 Å². The number of anilines is 1. The average Bonchev–Trinajstić information content (AvgIpc) is 2.39. The van der Waals surface area contributed by atoms with E-state index in [4.69, 9.17) is 10.5 Å². The van der Waals surface area contributed by atoms with E-state index in [1.165, 1.54) is 11.3 Å². The summed E-state index contributed by atoms with van der Waals surface area (Å²) in [6.07, 6.45) is 1.47. The van der Waals surface area contributed by atoms with Crippen molar-refractivity contribution in [1.29, 1.82) is 0 Å². The number of nitrogens with two attached hydrogens (primary N) is 1. The quantitative estimate of drug-likeness (QED) is 0.932. The van der Waals surface area contributed by atoms with E-state index < -0.39 is 0 Å². The maximum Gasteiger partial charge on any atom is 0.0772 e. The van der Waals surface area contributed by atoms with Crippen molar-refractivity contribution < 1.29 is 4.74 Å². The average molecular weight is 313 g/mol. The van der Waals surface area contributed by atoms with E-state index in [2.05, 4.69) is 39.9 Å². The normalized spacial score (nSPS) is 24.3. The second-order valence-corrected chi connectivity index (χ2v) is 5.88. The first-order valence-corrected chi connectivity index (χ1v) is 7.21. The number of hydrogen-bond acceptors (Lipinski definition) is 3. The maximum absolute atomic E-state index is 5.83. The molecule has 2 unspecified atom stereocenters. The fourth-order valence-electron chi connectivity index (χ4n) is 2.56. The van der Waals surface area contributed by atoms with Gasteiger partial charge in [0.2, 0.25) is 0 Å². The number of hydrogen-bond donors (Lipinski definition) is 1. The van der Waals surface area contributed by atoms with Crippen LogP contribution < -0.4 is 10.6 Å². The van der Waals surface area contributed by atoms with Crippen LogP contribution in [0.1, 0.15) is 18.9 Å². The Morgan fingerprint density at radius 1 is 1.50 bits per heavy atom. The molecule has 1 aromatic rings. The molecule has 100 valence electrons. The molecule has 0 aliphatic carbocycles. The number of piperidine rings is 1. The predicted octanol–water partition coefficient (Wildman–Crippen LogP) is 2.77. The van der Waals surface area contributed by atoms with E-state index in [1.807, 2.05) is 6.07 Å². The number of rotatable bonds is 3. The Morgan fingerprint density at radius 2 is 2.28 bits per heavy atom. The van der Waals surface area contributed by atoms with Gasteiger partial charge in [-0.2, -0.15) is 0 Å². The summed E-state index contributed by atoms with van der Waals surface area (Å²) in [6.45, 7) is 4.86. The van der Waals surface area contributed by atoms with Crippen LogP contribution >= 0.6 is 15.9 Å². The fourth-order valence-corrected chi connectivity index (χ4v) is 2.91. The Kier molecular flexibility index (Phi) is 4.65. The molecule has 3 nitrogen and oxygen atoms in total. The molecule has 18 heavy (non-hydrogen) atoms. The molecule has 0 saturated carbocycles. The molecule has 1 aliphatic rings. The van der Waals surface area contributed by atoms with Crippen LogP contribution in [0.2, 0.25) is 0 Å². The molecule has 0 bridgehead atoms. The molecular formula is C14H21BrN2O. The summed E-state index contributed by atoms with van der Waals surface area (Å²) >= 11 is 3.54. The number of nitrogens with zero attached hydrogens (tertiary/aromatic N) is 1. The number of ether oxygens (including phenoxy) is 1. The van der Waals surface area contributed by atoms with Gasteiger partial charge in [-0.25, -0.2) is 0 Å². The molecule has 1 saturated heterocycles. The maximum atomic E-state index is 5.83. The van der Waals surface area contributed by atoms with Crippen LogP contribution in [0.25, 0.3) is 0 Å². The monoisotopic (exact) mass is 312 g/mol. The van der Waals surface area contributed by atoms with Crippen LogP contribution in [-0.4, -0.2) is 26.3 Å². The lowest BCUT2D eigenvalue weighted by Crippen LogP contribution is -2.44. The summed E-state index contributed by atoms with van der Waals surface area (Å²) in [5.41, 5.74) is 8.26. The zero-order valence-corrected chi connectivity index (χ0v) is 12.6. The van der Waals surface area contributed by atoms with Crippen LogP contribution in [-0.2, 0) is 11.3 Å². The summed E-state index contributed by atoms with van der Waals surface area (Å²) in [7, 11) is 1.80. The highest BCUT2D eigenvalue weighted by Gasteiger charge is 2.27. The van der Waals surface area contributed by atoms with E-state index in [9.17, 15) is 0 Å². The van der Waals surface area contributed by atoms with Gasteiger partial charge in [0.25, 0.3) is 0 Å². The third-order valence-corrected chi connectivity index (χ3v) is 4.29. The van der Waals surface area contributed by atoms with Gasteiger partial charge in [-0.15, -0.1) is 0 Å². The number of methoxy groups -OCH3 is 1. The second-order valence-electron chi connectivity index (χ2n) is 4.96. The molecule has 1 aromatic carbocycles. The molecule has 0 radical (unpaired) electrons. The lowest BCUT2D eigenvalue weighted by molar-refractivity contribution is 0.0498. The van der Waals surface area contributed by atoms with Gasteiger partial charge in [-0.3, -0.25) is 0 Å². The minimum atomic E-state index is 0.309. The first-order chi connectivity index (χ1) is 8.65.